The van der Waals surface area contributed by atoms with Crippen molar-refractivity contribution in [2.75, 3.05) is 20.2 Å². The zero-order valence-corrected chi connectivity index (χ0v) is 15.9. The molecule has 8 heteroatoms. The fourth-order valence-electron chi connectivity index (χ4n) is 3.79. The van der Waals surface area contributed by atoms with Gasteiger partial charge in [-0.1, -0.05) is 18.2 Å². The third-order valence-electron chi connectivity index (χ3n) is 5.37. The maximum absolute atomic E-state index is 13.1. The van der Waals surface area contributed by atoms with Crippen molar-refractivity contribution < 1.29 is 23.5 Å². The fraction of sp³-hybridized carbons (Fsp3) is 0.286. The van der Waals surface area contributed by atoms with Gasteiger partial charge in [-0.3, -0.25) is 14.5 Å². The smallest absolute Gasteiger partial charge is 0.325 e. The first-order valence-corrected chi connectivity index (χ1v) is 9.24. The first-order chi connectivity index (χ1) is 13.9. The maximum Gasteiger partial charge on any atom is 0.325 e. The second-order valence-electron chi connectivity index (χ2n) is 7.24. The number of ether oxygens (including phenoxy) is 1. The van der Waals surface area contributed by atoms with E-state index >= 15 is 0 Å². The Morgan fingerprint density at radius 2 is 1.97 bits per heavy atom. The van der Waals surface area contributed by atoms with E-state index in [4.69, 9.17) is 4.74 Å². The number of hydrogen-bond donors (Lipinski definition) is 1. The van der Waals surface area contributed by atoms with E-state index in [1.54, 1.807) is 29.2 Å². The van der Waals surface area contributed by atoms with E-state index < -0.39 is 11.6 Å². The van der Waals surface area contributed by atoms with Crippen LogP contribution in [0.2, 0.25) is 0 Å². The molecule has 2 aliphatic rings. The summed E-state index contributed by atoms with van der Waals surface area (Å²) in [7, 11) is 1.52. The summed E-state index contributed by atoms with van der Waals surface area (Å²) in [5.74, 6) is -0.405. The summed E-state index contributed by atoms with van der Waals surface area (Å²) in [6, 6.07) is 11.9. The number of nitrogens with one attached hydrogen (secondary N) is 1. The molecule has 2 aliphatic heterocycles. The molecule has 7 nitrogen and oxygen atoms in total. The highest BCUT2D eigenvalue weighted by atomic mass is 19.1. The Kier molecular flexibility index (Phi) is 4.70. The quantitative estimate of drug-likeness (QED) is 0.802. The van der Waals surface area contributed by atoms with Crippen molar-refractivity contribution >= 4 is 17.8 Å². The summed E-state index contributed by atoms with van der Waals surface area (Å²) < 4.78 is 18.3. The minimum atomic E-state index is -1.12. The number of methoxy groups -OCH3 is 1. The Labute approximate surface area is 167 Å². The largest absolute Gasteiger partial charge is 0.497 e. The number of carbonyl (C=O) groups is 3. The zero-order valence-electron chi connectivity index (χ0n) is 15.9. The zero-order chi connectivity index (χ0) is 20.6. The highest BCUT2D eigenvalue weighted by Crippen LogP contribution is 2.31. The Morgan fingerprint density at radius 1 is 1.21 bits per heavy atom. The van der Waals surface area contributed by atoms with Crippen molar-refractivity contribution in [3.05, 3.63) is 65.5 Å². The van der Waals surface area contributed by atoms with Gasteiger partial charge in [0.1, 0.15) is 17.1 Å². The number of nitrogens with zero attached hydrogens (tertiary/aromatic N) is 2. The van der Waals surface area contributed by atoms with E-state index in [1.165, 1.54) is 31.4 Å². The van der Waals surface area contributed by atoms with Crippen LogP contribution in [0.4, 0.5) is 9.18 Å². The van der Waals surface area contributed by atoms with E-state index in [0.717, 1.165) is 4.90 Å². The molecule has 2 heterocycles. The molecule has 0 radical (unpaired) electrons. The van der Waals surface area contributed by atoms with Crippen molar-refractivity contribution in [3.8, 4) is 5.75 Å². The minimum absolute atomic E-state index is 0.0521. The van der Waals surface area contributed by atoms with Crippen LogP contribution >= 0.6 is 0 Å². The van der Waals surface area contributed by atoms with Crippen molar-refractivity contribution in [3.63, 3.8) is 0 Å². The van der Waals surface area contributed by atoms with Gasteiger partial charge in [0.25, 0.3) is 11.8 Å². The maximum atomic E-state index is 13.1. The number of benzene rings is 2. The van der Waals surface area contributed by atoms with Crippen LogP contribution in [0.15, 0.2) is 48.5 Å². The average Bonchev–Trinajstić information content (AvgIpc) is 3.26. The minimum Gasteiger partial charge on any atom is -0.497 e. The summed E-state index contributed by atoms with van der Waals surface area (Å²) >= 11 is 0. The Morgan fingerprint density at radius 3 is 2.69 bits per heavy atom. The van der Waals surface area contributed by atoms with Crippen molar-refractivity contribution in [1.29, 1.82) is 0 Å². The van der Waals surface area contributed by atoms with E-state index in [9.17, 15) is 18.8 Å². The molecule has 29 heavy (non-hydrogen) atoms. The molecule has 1 unspecified atom stereocenters. The van der Waals surface area contributed by atoms with Crippen LogP contribution in [0.1, 0.15) is 22.3 Å². The summed E-state index contributed by atoms with van der Waals surface area (Å²) in [6.07, 6.45) is 0.340. The lowest BCUT2D eigenvalue weighted by Crippen LogP contribution is -2.49. The lowest BCUT2D eigenvalue weighted by molar-refractivity contribution is -0.131. The predicted octanol–water partition coefficient (Wildman–Crippen LogP) is 2.17. The third kappa shape index (κ3) is 3.41. The highest BCUT2D eigenvalue weighted by Gasteiger charge is 2.55. The van der Waals surface area contributed by atoms with Gasteiger partial charge in [-0.2, -0.15) is 0 Å². The van der Waals surface area contributed by atoms with Crippen molar-refractivity contribution in [1.82, 2.24) is 15.1 Å². The third-order valence-corrected chi connectivity index (χ3v) is 5.37. The van der Waals surface area contributed by atoms with Gasteiger partial charge in [-0.25, -0.2) is 9.18 Å². The van der Waals surface area contributed by atoms with Gasteiger partial charge in [-0.15, -0.1) is 0 Å². The Hall–Kier alpha value is -3.42. The predicted molar refractivity (Wildman–Crippen MR) is 102 cm³/mol. The second kappa shape index (κ2) is 7.20. The van der Waals surface area contributed by atoms with Gasteiger partial charge < -0.3 is 15.0 Å². The van der Waals surface area contributed by atoms with Gasteiger partial charge in [0.2, 0.25) is 0 Å². The van der Waals surface area contributed by atoms with Crippen LogP contribution < -0.4 is 10.1 Å². The van der Waals surface area contributed by atoms with Crippen molar-refractivity contribution in [2.45, 2.75) is 18.5 Å². The van der Waals surface area contributed by atoms with Crippen LogP contribution in [-0.2, 0) is 11.3 Å². The first kappa shape index (κ1) is 18.9. The molecular weight excluding hydrogens is 377 g/mol. The molecule has 0 bridgehead atoms. The monoisotopic (exact) mass is 397 g/mol. The highest BCUT2D eigenvalue weighted by molar-refractivity contribution is 6.08. The lowest BCUT2D eigenvalue weighted by Gasteiger charge is -2.22. The van der Waals surface area contributed by atoms with E-state index in [1.807, 2.05) is 0 Å². The fourth-order valence-corrected chi connectivity index (χ4v) is 3.79. The van der Waals surface area contributed by atoms with Gasteiger partial charge >= 0.3 is 6.03 Å². The van der Waals surface area contributed by atoms with Gasteiger partial charge in [0, 0.05) is 12.1 Å². The standard InChI is InChI=1S/C21H20FN3O4/c1-29-17-4-2-3-15(11-17)18(26)24-10-9-21(13-24)19(27)25(20(28)23-21)12-14-5-7-16(22)8-6-14/h2-8,11H,9-10,12-13H2,1H3,(H,23,28). The number of hydrogen-bond acceptors (Lipinski definition) is 4. The molecule has 2 aromatic carbocycles. The molecule has 0 aliphatic carbocycles. The van der Waals surface area contributed by atoms with Gasteiger partial charge in [0.05, 0.1) is 20.2 Å². The topological polar surface area (TPSA) is 79.0 Å². The van der Waals surface area contributed by atoms with Crippen LogP contribution in [0.25, 0.3) is 0 Å². The number of imide groups is 1. The summed E-state index contributed by atoms with van der Waals surface area (Å²) in [6.45, 7) is 0.510. The number of rotatable bonds is 4. The van der Waals surface area contributed by atoms with Crippen molar-refractivity contribution in [2.24, 2.45) is 0 Å². The van der Waals surface area contributed by atoms with Crippen LogP contribution in [0.3, 0.4) is 0 Å². The molecule has 2 aromatic rings. The van der Waals surface area contributed by atoms with Crippen LogP contribution in [0.5, 0.6) is 5.75 Å². The van der Waals surface area contributed by atoms with Crippen LogP contribution in [-0.4, -0.2) is 53.4 Å². The summed E-state index contributed by atoms with van der Waals surface area (Å²) in [4.78, 5) is 41.0. The molecule has 1 N–H and O–H groups in total. The Bertz CT molecular complexity index is 978. The van der Waals surface area contributed by atoms with Crippen LogP contribution in [0, 0.1) is 5.82 Å². The molecule has 2 saturated heterocycles. The molecule has 0 aromatic heterocycles. The molecule has 4 rings (SSSR count). The van der Waals surface area contributed by atoms with E-state index in [2.05, 4.69) is 5.32 Å². The molecule has 4 amide bonds. The molecule has 1 spiro atoms. The summed E-state index contributed by atoms with van der Waals surface area (Å²) in [5.41, 5.74) is -0.0124. The molecule has 2 fully saturated rings. The molecular formula is C21H20FN3O4. The average molecular weight is 397 g/mol. The number of urea groups is 1. The second-order valence-corrected chi connectivity index (χ2v) is 7.24. The SMILES string of the molecule is COc1cccc(C(=O)N2CCC3(C2)NC(=O)N(Cc2ccc(F)cc2)C3=O)c1. The molecule has 0 saturated carbocycles. The van der Waals surface area contributed by atoms with Gasteiger partial charge in [-0.05, 0) is 42.3 Å². The Balaban J connectivity index is 1.49. The summed E-state index contributed by atoms with van der Waals surface area (Å²) in [5, 5.41) is 2.76. The number of likely N-dealkylation sites (tertiary alicyclic amines) is 1. The van der Waals surface area contributed by atoms with E-state index in [-0.39, 0.29) is 30.7 Å². The van der Waals surface area contributed by atoms with Gasteiger partial charge in [0.15, 0.2) is 0 Å². The lowest BCUT2D eigenvalue weighted by atomic mass is 9.99. The normalized spacial score (nSPS) is 21.0. The molecule has 150 valence electrons. The molecule has 1 atom stereocenters. The number of carbonyl (C=O) groups excluding carboxylic acids is 3. The number of amides is 4. The number of halogens is 1. The van der Waals surface area contributed by atoms with E-state index in [0.29, 0.717) is 29.8 Å². The first-order valence-electron chi connectivity index (χ1n) is 9.24.